The molecule has 0 aliphatic heterocycles. The zero-order valence-corrected chi connectivity index (χ0v) is 25.7. The molecule has 0 radical (unpaired) electrons. The molecule has 0 heterocycles. The zero-order chi connectivity index (χ0) is 28.9. The second-order valence-electron chi connectivity index (χ2n) is 9.44. The van der Waals surface area contributed by atoms with Crippen molar-refractivity contribution >= 4 is 0 Å². The average Bonchev–Trinajstić information content (AvgIpc) is 2.97. The fraction of sp³-hybridized carbons (Fsp3) is 1.00. The molecule has 0 unspecified atom stereocenters. The lowest BCUT2D eigenvalue weighted by Crippen LogP contribution is -2.15. The minimum absolute atomic E-state index is 0.283. The Labute approximate surface area is 244 Å². The molecular formula is C30H63O10+. The van der Waals surface area contributed by atoms with Gasteiger partial charge in [-0.1, -0.05) is 64.7 Å². The van der Waals surface area contributed by atoms with Crippen molar-refractivity contribution in [1.82, 2.24) is 0 Å². The standard InChI is InChI=1S/C30H62O10/c1-2-3-4-5-6-7-8-9-10-11-13-32-15-17-34-19-21-36-23-25-38-27-29-40-30-28-39-26-24-37-22-20-35-18-16-33-14-12-31/h31H,2-30H2,1H3/p+1. The van der Waals surface area contributed by atoms with Gasteiger partial charge in [0.1, 0.15) is 6.61 Å². The van der Waals surface area contributed by atoms with Crippen molar-refractivity contribution in [1.29, 1.82) is 0 Å². The molecule has 0 aliphatic rings. The van der Waals surface area contributed by atoms with E-state index in [9.17, 15) is 0 Å². The molecule has 0 amide bonds. The summed E-state index contributed by atoms with van der Waals surface area (Å²) in [5.41, 5.74) is 0. The summed E-state index contributed by atoms with van der Waals surface area (Å²) in [4.78, 5) is 0. The van der Waals surface area contributed by atoms with E-state index in [-0.39, 0.29) is 6.61 Å². The highest BCUT2D eigenvalue weighted by Gasteiger charge is 1.96. The van der Waals surface area contributed by atoms with Crippen LogP contribution in [-0.2, 0) is 42.6 Å². The molecular weight excluding hydrogens is 520 g/mol. The van der Waals surface area contributed by atoms with Crippen LogP contribution in [0, 0.1) is 0 Å². The predicted molar refractivity (Wildman–Crippen MR) is 158 cm³/mol. The summed E-state index contributed by atoms with van der Waals surface area (Å²) in [6.45, 7) is 12.6. The topological polar surface area (TPSA) is 106 Å². The van der Waals surface area contributed by atoms with E-state index in [1.165, 1.54) is 57.8 Å². The minimum Gasteiger partial charge on any atom is -0.444 e. The molecule has 0 spiro atoms. The fourth-order valence-corrected chi connectivity index (χ4v) is 3.63. The van der Waals surface area contributed by atoms with E-state index < -0.39 is 0 Å². The molecule has 0 bridgehead atoms. The van der Waals surface area contributed by atoms with E-state index in [2.05, 4.69) is 6.92 Å². The predicted octanol–water partition coefficient (Wildman–Crippen LogP) is 3.78. The van der Waals surface area contributed by atoms with Crippen molar-refractivity contribution in [2.45, 2.75) is 71.1 Å². The first-order valence-corrected chi connectivity index (χ1v) is 15.8. The maximum atomic E-state index is 6.95. The quantitative estimate of drug-likeness (QED) is 0.0798. The van der Waals surface area contributed by atoms with Crippen LogP contribution in [0.15, 0.2) is 0 Å². The number of ether oxygens (including phenoxy) is 9. The molecule has 0 fully saturated rings. The maximum Gasteiger partial charge on any atom is 0.167 e. The van der Waals surface area contributed by atoms with Gasteiger partial charge in [0.05, 0.1) is 106 Å². The van der Waals surface area contributed by atoms with Gasteiger partial charge >= 0.3 is 0 Å². The van der Waals surface area contributed by atoms with Crippen LogP contribution < -0.4 is 0 Å². The van der Waals surface area contributed by atoms with Gasteiger partial charge in [-0.25, -0.2) is 0 Å². The van der Waals surface area contributed by atoms with Crippen LogP contribution in [-0.4, -0.2) is 131 Å². The highest BCUT2D eigenvalue weighted by atomic mass is 16.6. The lowest BCUT2D eigenvalue weighted by Gasteiger charge is -2.09. The molecule has 0 aromatic carbocycles. The van der Waals surface area contributed by atoms with E-state index in [0.29, 0.717) is 112 Å². The number of rotatable bonds is 37. The molecule has 0 atom stereocenters. The molecule has 0 aromatic rings. The summed E-state index contributed by atoms with van der Waals surface area (Å²) in [5.74, 6) is 0. The van der Waals surface area contributed by atoms with E-state index in [1.54, 1.807) is 0 Å². The Bertz CT molecular complexity index is 393. The number of hydrogen-bond acceptors (Lipinski definition) is 9. The van der Waals surface area contributed by atoms with E-state index in [4.69, 9.17) is 47.7 Å². The van der Waals surface area contributed by atoms with E-state index >= 15 is 0 Å². The first-order chi connectivity index (χ1) is 19.9. The van der Waals surface area contributed by atoms with Crippen LogP contribution in [0.25, 0.3) is 0 Å². The summed E-state index contributed by atoms with van der Waals surface area (Å²) in [6.07, 6.45) is 13.4. The fourth-order valence-electron chi connectivity index (χ4n) is 3.63. The minimum atomic E-state index is 0.283. The summed E-state index contributed by atoms with van der Waals surface area (Å²) >= 11 is 0. The van der Waals surface area contributed by atoms with Gasteiger partial charge in [-0.15, -0.1) is 0 Å². The molecule has 0 rings (SSSR count). The van der Waals surface area contributed by atoms with Crippen LogP contribution in [0.1, 0.15) is 71.1 Å². The Kier molecular flexibility index (Phi) is 38.2. The average molecular weight is 584 g/mol. The third-order valence-electron chi connectivity index (χ3n) is 5.86. The van der Waals surface area contributed by atoms with Crippen molar-refractivity contribution in [3.8, 4) is 0 Å². The SMILES string of the molecule is CCCCCCCCCCCCOCCOCCOCCOCCOCCOCCOCCOCCOCC[OH2+]. The number of unbranched alkanes of at least 4 members (excludes halogenated alkanes) is 9. The van der Waals surface area contributed by atoms with Gasteiger partial charge in [-0.05, 0) is 6.42 Å². The van der Waals surface area contributed by atoms with Gasteiger partial charge in [0.15, 0.2) is 6.61 Å². The Morgan fingerprint density at radius 1 is 0.275 bits per heavy atom. The first-order valence-electron chi connectivity index (χ1n) is 15.8. The Morgan fingerprint density at radius 3 is 0.775 bits per heavy atom. The highest BCUT2D eigenvalue weighted by molar-refractivity contribution is 4.47. The highest BCUT2D eigenvalue weighted by Crippen LogP contribution is 2.10. The van der Waals surface area contributed by atoms with Gasteiger partial charge in [-0.3, -0.25) is 0 Å². The van der Waals surface area contributed by atoms with Crippen molar-refractivity contribution < 1.29 is 47.7 Å². The van der Waals surface area contributed by atoms with Crippen molar-refractivity contribution in [3.05, 3.63) is 0 Å². The molecule has 0 aliphatic carbocycles. The monoisotopic (exact) mass is 583 g/mol. The molecule has 242 valence electrons. The molecule has 0 saturated carbocycles. The van der Waals surface area contributed by atoms with Crippen LogP contribution in [0.5, 0.6) is 0 Å². The van der Waals surface area contributed by atoms with E-state index in [1.807, 2.05) is 0 Å². The smallest absolute Gasteiger partial charge is 0.167 e. The van der Waals surface area contributed by atoms with Crippen molar-refractivity contribution in [2.75, 3.05) is 126 Å². The van der Waals surface area contributed by atoms with Gasteiger partial charge in [0, 0.05) is 6.61 Å². The van der Waals surface area contributed by atoms with Crippen molar-refractivity contribution in [3.63, 3.8) is 0 Å². The summed E-state index contributed by atoms with van der Waals surface area (Å²) in [5, 5.41) is 6.95. The Morgan fingerprint density at radius 2 is 0.500 bits per heavy atom. The van der Waals surface area contributed by atoms with Crippen molar-refractivity contribution in [2.24, 2.45) is 0 Å². The zero-order valence-electron chi connectivity index (χ0n) is 25.7. The third kappa shape index (κ3) is 37.6. The molecule has 40 heavy (non-hydrogen) atoms. The number of hydrogen-bond donors (Lipinski definition) is 0. The summed E-state index contributed by atoms with van der Waals surface area (Å²) in [7, 11) is 0. The summed E-state index contributed by atoms with van der Waals surface area (Å²) in [6, 6.07) is 0. The normalized spacial score (nSPS) is 11.6. The van der Waals surface area contributed by atoms with E-state index in [0.717, 1.165) is 13.0 Å². The van der Waals surface area contributed by atoms with Gasteiger partial charge in [0.2, 0.25) is 0 Å². The molecule has 10 nitrogen and oxygen atoms in total. The lowest BCUT2D eigenvalue weighted by atomic mass is 10.1. The van der Waals surface area contributed by atoms with Gasteiger partial charge in [-0.2, -0.15) is 0 Å². The maximum absolute atomic E-state index is 6.95. The van der Waals surface area contributed by atoms with Crippen LogP contribution in [0.3, 0.4) is 0 Å². The second-order valence-corrected chi connectivity index (χ2v) is 9.44. The Balaban J connectivity index is 3.01. The largest absolute Gasteiger partial charge is 0.444 e. The molecule has 10 heteroatoms. The Hall–Kier alpha value is -0.400. The molecule has 2 N–H and O–H groups in total. The third-order valence-corrected chi connectivity index (χ3v) is 5.86. The first kappa shape index (κ1) is 39.6. The summed E-state index contributed by atoms with van der Waals surface area (Å²) < 4.78 is 49.0. The second kappa shape index (κ2) is 38.6. The van der Waals surface area contributed by atoms with Crippen LogP contribution in [0.2, 0.25) is 0 Å². The van der Waals surface area contributed by atoms with Gasteiger partial charge in [0.25, 0.3) is 0 Å². The lowest BCUT2D eigenvalue weighted by molar-refractivity contribution is -0.0255. The van der Waals surface area contributed by atoms with Crippen LogP contribution in [0.4, 0.5) is 0 Å². The van der Waals surface area contributed by atoms with Gasteiger partial charge < -0.3 is 47.7 Å². The van der Waals surface area contributed by atoms with Crippen LogP contribution >= 0.6 is 0 Å². The molecule has 0 saturated heterocycles. The molecule has 0 aromatic heterocycles.